The van der Waals surface area contributed by atoms with Crippen molar-refractivity contribution < 1.29 is 13.6 Å². The second kappa shape index (κ2) is 6.28. The molecule has 0 heterocycles. The number of halogens is 1. The standard InChI is InChI=1S/C19H23FO2Si/c1-19(2,3)23(4,5)22-18-11-10-16(12-17(18)20)15-8-6-14(13-21)7-9-15/h6-13H,1-5H3. The lowest BCUT2D eigenvalue weighted by atomic mass is 10.0. The van der Waals surface area contributed by atoms with Crippen LogP contribution >= 0.6 is 0 Å². The fourth-order valence-electron chi connectivity index (χ4n) is 1.95. The van der Waals surface area contributed by atoms with Crippen LogP contribution in [0, 0.1) is 5.82 Å². The summed E-state index contributed by atoms with van der Waals surface area (Å²) < 4.78 is 20.5. The molecule has 0 saturated heterocycles. The molecule has 2 rings (SSSR count). The molecule has 0 aliphatic heterocycles. The summed E-state index contributed by atoms with van der Waals surface area (Å²) >= 11 is 0. The highest BCUT2D eigenvalue weighted by molar-refractivity contribution is 6.74. The Balaban J connectivity index is 2.28. The number of hydrogen-bond acceptors (Lipinski definition) is 2. The van der Waals surface area contributed by atoms with Crippen LogP contribution in [0.15, 0.2) is 42.5 Å². The fourth-order valence-corrected chi connectivity index (χ4v) is 2.97. The van der Waals surface area contributed by atoms with E-state index in [4.69, 9.17) is 4.43 Å². The molecule has 0 N–H and O–H groups in total. The maximum atomic E-state index is 14.4. The molecule has 0 bridgehead atoms. The van der Waals surface area contributed by atoms with E-state index in [0.717, 1.165) is 17.4 Å². The van der Waals surface area contributed by atoms with Crippen LogP contribution < -0.4 is 4.43 Å². The molecule has 0 amide bonds. The Labute approximate surface area is 138 Å². The molecular formula is C19H23FO2Si. The van der Waals surface area contributed by atoms with E-state index in [0.29, 0.717) is 11.3 Å². The maximum Gasteiger partial charge on any atom is 0.250 e. The average molecular weight is 330 g/mol. The summed E-state index contributed by atoms with van der Waals surface area (Å²) in [4.78, 5) is 10.7. The van der Waals surface area contributed by atoms with E-state index in [-0.39, 0.29) is 10.9 Å². The smallest absolute Gasteiger partial charge is 0.250 e. The van der Waals surface area contributed by atoms with E-state index < -0.39 is 8.32 Å². The Morgan fingerprint density at radius 3 is 2.04 bits per heavy atom. The van der Waals surface area contributed by atoms with Crippen LogP contribution in [0.3, 0.4) is 0 Å². The molecular weight excluding hydrogens is 307 g/mol. The van der Waals surface area contributed by atoms with Gasteiger partial charge in [0, 0.05) is 5.56 Å². The van der Waals surface area contributed by atoms with Gasteiger partial charge in [0.15, 0.2) is 5.82 Å². The van der Waals surface area contributed by atoms with E-state index in [1.165, 1.54) is 6.07 Å². The third kappa shape index (κ3) is 3.88. The molecule has 0 aromatic heterocycles. The van der Waals surface area contributed by atoms with Crippen molar-refractivity contribution in [3.05, 3.63) is 53.8 Å². The molecule has 0 aliphatic carbocycles. The lowest BCUT2D eigenvalue weighted by molar-refractivity contribution is 0.112. The minimum absolute atomic E-state index is 0.0166. The summed E-state index contributed by atoms with van der Waals surface area (Å²) in [5.74, 6) is -0.0448. The van der Waals surface area contributed by atoms with Gasteiger partial charge in [0.2, 0.25) is 0 Å². The summed E-state index contributed by atoms with van der Waals surface area (Å²) in [6.45, 7) is 10.6. The Hall–Kier alpha value is -1.94. The highest BCUT2D eigenvalue weighted by Gasteiger charge is 2.39. The zero-order valence-corrected chi connectivity index (χ0v) is 15.3. The minimum atomic E-state index is -2.07. The van der Waals surface area contributed by atoms with Gasteiger partial charge in [-0.3, -0.25) is 4.79 Å². The van der Waals surface area contributed by atoms with E-state index in [2.05, 4.69) is 33.9 Å². The Kier molecular flexibility index (Phi) is 4.75. The second-order valence-corrected chi connectivity index (χ2v) is 12.0. The SMILES string of the molecule is CC(C)(C)[Si](C)(C)Oc1ccc(-c2ccc(C=O)cc2)cc1F. The normalized spacial score (nSPS) is 12.1. The van der Waals surface area contributed by atoms with Gasteiger partial charge < -0.3 is 4.43 Å². The van der Waals surface area contributed by atoms with Gasteiger partial charge in [0.1, 0.15) is 12.0 Å². The molecule has 0 aliphatic rings. The summed E-state index contributed by atoms with van der Waals surface area (Å²) in [7, 11) is -2.07. The summed E-state index contributed by atoms with van der Waals surface area (Å²) in [5, 5.41) is 0.0166. The monoisotopic (exact) mass is 330 g/mol. The minimum Gasteiger partial charge on any atom is -0.542 e. The molecule has 2 aromatic rings. The summed E-state index contributed by atoms with van der Waals surface area (Å²) in [6, 6.07) is 12.1. The molecule has 0 saturated carbocycles. The molecule has 0 fully saturated rings. The van der Waals surface area contributed by atoms with Crippen molar-refractivity contribution in [3.63, 3.8) is 0 Å². The van der Waals surface area contributed by atoms with Crippen LogP contribution in [0.2, 0.25) is 18.1 Å². The van der Waals surface area contributed by atoms with Gasteiger partial charge in [-0.05, 0) is 41.4 Å². The first-order valence-electron chi connectivity index (χ1n) is 7.68. The predicted molar refractivity (Wildman–Crippen MR) is 95.0 cm³/mol. The van der Waals surface area contributed by atoms with Crippen LogP contribution in [-0.2, 0) is 0 Å². The number of rotatable bonds is 4. The van der Waals surface area contributed by atoms with Crippen molar-refractivity contribution in [1.29, 1.82) is 0 Å². The maximum absolute atomic E-state index is 14.4. The number of carbonyl (C=O) groups is 1. The highest BCUT2D eigenvalue weighted by atomic mass is 28.4. The van der Waals surface area contributed by atoms with Crippen molar-refractivity contribution in [2.75, 3.05) is 0 Å². The van der Waals surface area contributed by atoms with Gasteiger partial charge in [0.25, 0.3) is 8.32 Å². The van der Waals surface area contributed by atoms with Crippen molar-refractivity contribution in [1.82, 2.24) is 0 Å². The van der Waals surface area contributed by atoms with Crippen molar-refractivity contribution in [2.24, 2.45) is 0 Å². The van der Waals surface area contributed by atoms with Gasteiger partial charge in [-0.15, -0.1) is 0 Å². The molecule has 2 aromatic carbocycles. The van der Waals surface area contributed by atoms with Gasteiger partial charge >= 0.3 is 0 Å². The number of carbonyl (C=O) groups excluding carboxylic acids is 1. The number of benzene rings is 2. The van der Waals surface area contributed by atoms with E-state index in [1.807, 2.05) is 18.2 Å². The van der Waals surface area contributed by atoms with Crippen LogP contribution in [0.25, 0.3) is 11.1 Å². The van der Waals surface area contributed by atoms with E-state index in [1.54, 1.807) is 18.2 Å². The molecule has 0 atom stereocenters. The molecule has 2 nitrogen and oxygen atoms in total. The first-order chi connectivity index (χ1) is 10.6. The summed E-state index contributed by atoms with van der Waals surface area (Å²) in [5.41, 5.74) is 2.24. The van der Waals surface area contributed by atoms with Gasteiger partial charge in [-0.1, -0.05) is 51.1 Å². The quantitative estimate of drug-likeness (QED) is 0.532. The van der Waals surface area contributed by atoms with Crippen LogP contribution in [-0.4, -0.2) is 14.6 Å². The largest absolute Gasteiger partial charge is 0.542 e. The van der Waals surface area contributed by atoms with Crippen LogP contribution in [0.4, 0.5) is 4.39 Å². The predicted octanol–water partition coefficient (Wildman–Crippen LogP) is 5.69. The van der Waals surface area contributed by atoms with Gasteiger partial charge in [-0.2, -0.15) is 0 Å². The zero-order valence-electron chi connectivity index (χ0n) is 14.3. The fraction of sp³-hybridized carbons (Fsp3) is 0.316. The third-order valence-corrected chi connectivity index (χ3v) is 8.83. The van der Waals surface area contributed by atoms with E-state index in [9.17, 15) is 9.18 Å². The highest BCUT2D eigenvalue weighted by Crippen LogP contribution is 2.38. The lowest BCUT2D eigenvalue weighted by Crippen LogP contribution is -2.44. The zero-order chi connectivity index (χ0) is 17.3. The Morgan fingerprint density at radius 1 is 1.00 bits per heavy atom. The second-order valence-electron chi connectivity index (χ2n) is 7.25. The van der Waals surface area contributed by atoms with Crippen molar-refractivity contribution in [3.8, 4) is 16.9 Å². The number of aldehydes is 1. The lowest BCUT2D eigenvalue weighted by Gasteiger charge is -2.36. The average Bonchev–Trinajstić information content (AvgIpc) is 2.48. The molecule has 23 heavy (non-hydrogen) atoms. The van der Waals surface area contributed by atoms with Gasteiger partial charge in [0.05, 0.1) is 0 Å². The first kappa shape index (κ1) is 17.4. The Bertz CT molecular complexity index is 700. The topological polar surface area (TPSA) is 26.3 Å². The Morgan fingerprint density at radius 2 is 1.57 bits per heavy atom. The molecule has 0 radical (unpaired) electrons. The number of hydrogen-bond donors (Lipinski definition) is 0. The molecule has 0 spiro atoms. The summed E-state index contributed by atoms with van der Waals surface area (Å²) in [6.07, 6.45) is 0.792. The van der Waals surface area contributed by atoms with Crippen LogP contribution in [0.1, 0.15) is 31.1 Å². The molecule has 122 valence electrons. The van der Waals surface area contributed by atoms with Gasteiger partial charge in [-0.25, -0.2) is 4.39 Å². The third-order valence-electron chi connectivity index (χ3n) is 4.48. The van der Waals surface area contributed by atoms with Crippen molar-refractivity contribution in [2.45, 2.75) is 38.9 Å². The van der Waals surface area contributed by atoms with E-state index >= 15 is 0 Å². The first-order valence-corrected chi connectivity index (χ1v) is 10.6. The molecule has 0 unspecified atom stereocenters. The van der Waals surface area contributed by atoms with Crippen LogP contribution in [0.5, 0.6) is 5.75 Å². The molecule has 4 heteroatoms. The van der Waals surface area contributed by atoms with Crippen molar-refractivity contribution >= 4 is 14.6 Å².